The summed E-state index contributed by atoms with van der Waals surface area (Å²) in [6.07, 6.45) is 66.4. The standard InChI is InChI=1S/C52H70O4/c1-3-5-7-9-11-13-15-17-19-21-23-25-27-29-31-33-35-37-39-41-51(53)55-48-47-49-43-45-50(46-44-49)56-52(54)42-40-38-36-34-32-30-28-26-24-22-20-18-16-14-12-10-8-6-4-2/h5-8,11-14,17-20,23-26,29-32,35-38,43-46H,3-4,9-10,15-16,21-22,27-28,33-34,39-42,47-48H2,1-2H3/b7-5-,8-6-,13-11-,14-12-,19-17-,20-18-,25-23-,26-24-,31-29-,32-30-,37-35-,38-36-. The molecule has 0 aliphatic carbocycles. The molecule has 1 rings (SSSR count). The Morgan fingerprint density at radius 1 is 0.411 bits per heavy atom. The minimum absolute atomic E-state index is 0.193. The molecule has 0 radical (unpaired) electrons. The van der Waals surface area contributed by atoms with Crippen LogP contribution < -0.4 is 4.74 Å². The number of carbonyl (C=O) groups excluding carboxylic acids is 2. The molecule has 0 aliphatic rings. The molecule has 0 saturated heterocycles. The number of rotatable bonds is 32. The molecule has 0 aromatic heterocycles. The zero-order valence-electron chi connectivity index (χ0n) is 34.5. The Balaban J connectivity index is 2.06. The monoisotopic (exact) mass is 759 g/mol. The zero-order chi connectivity index (χ0) is 40.3. The summed E-state index contributed by atoms with van der Waals surface area (Å²) in [7, 11) is 0. The summed E-state index contributed by atoms with van der Waals surface area (Å²) in [6, 6.07) is 7.38. The molecule has 56 heavy (non-hydrogen) atoms. The van der Waals surface area contributed by atoms with Gasteiger partial charge in [0.25, 0.3) is 0 Å². The summed E-state index contributed by atoms with van der Waals surface area (Å²) >= 11 is 0. The highest BCUT2D eigenvalue weighted by atomic mass is 16.5. The first-order valence-electron chi connectivity index (χ1n) is 20.9. The molecule has 4 heteroatoms. The van der Waals surface area contributed by atoms with Gasteiger partial charge in [-0.05, 0) is 108 Å². The van der Waals surface area contributed by atoms with Gasteiger partial charge in [0.15, 0.2) is 0 Å². The largest absolute Gasteiger partial charge is 0.465 e. The van der Waals surface area contributed by atoms with Gasteiger partial charge in [-0.2, -0.15) is 0 Å². The summed E-state index contributed by atoms with van der Waals surface area (Å²) in [5, 5.41) is 0. The quantitative estimate of drug-likeness (QED) is 0.0417. The molecular weight excluding hydrogens is 689 g/mol. The fourth-order valence-corrected chi connectivity index (χ4v) is 4.94. The van der Waals surface area contributed by atoms with Crippen LogP contribution in [0.1, 0.15) is 122 Å². The van der Waals surface area contributed by atoms with Gasteiger partial charge in [-0.15, -0.1) is 0 Å². The van der Waals surface area contributed by atoms with Gasteiger partial charge in [-0.25, -0.2) is 0 Å². The summed E-state index contributed by atoms with van der Waals surface area (Å²) in [5.41, 5.74) is 1.02. The molecule has 0 heterocycles. The molecule has 0 aliphatic heterocycles. The Morgan fingerprint density at radius 2 is 0.714 bits per heavy atom. The molecule has 0 amide bonds. The van der Waals surface area contributed by atoms with Crippen LogP contribution in [0.15, 0.2) is 170 Å². The average Bonchev–Trinajstić information content (AvgIpc) is 3.20. The molecule has 0 N–H and O–H groups in total. The fourth-order valence-electron chi connectivity index (χ4n) is 4.94. The van der Waals surface area contributed by atoms with Crippen molar-refractivity contribution in [1.29, 1.82) is 0 Å². The van der Waals surface area contributed by atoms with Crippen LogP contribution in [0.4, 0.5) is 0 Å². The van der Waals surface area contributed by atoms with Crippen molar-refractivity contribution < 1.29 is 19.1 Å². The summed E-state index contributed by atoms with van der Waals surface area (Å²) in [5.74, 6) is 0.0787. The topological polar surface area (TPSA) is 52.6 Å². The lowest BCUT2D eigenvalue weighted by molar-refractivity contribution is -0.143. The number of allylic oxidation sites excluding steroid dienone is 24. The van der Waals surface area contributed by atoms with Crippen LogP contribution >= 0.6 is 0 Å². The van der Waals surface area contributed by atoms with Gasteiger partial charge in [0.2, 0.25) is 0 Å². The lowest BCUT2D eigenvalue weighted by Gasteiger charge is -2.06. The van der Waals surface area contributed by atoms with Crippen molar-refractivity contribution in [2.75, 3.05) is 6.61 Å². The van der Waals surface area contributed by atoms with Crippen molar-refractivity contribution >= 4 is 11.9 Å². The molecule has 0 fully saturated rings. The second kappa shape index (κ2) is 39.7. The van der Waals surface area contributed by atoms with Crippen LogP contribution in [-0.4, -0.2) is 18.5 Å². The molecule has 4 nitrogen and oxygen atoms in total. The lowest BCUT2D eigenvalue weighted by Crippen LogP contribution is -2.08. The third-order valence-corrected chi connectivity index (χ3v) is 8.03. The molecule has 0 unspecified atom stereocenters. The van der Waals surface area contributed by atoms with Crippen LogP contribution in [0.25, 0.3) is 0 Å². The highest BCUT2D eigenvalue weighted by Crippen LogP contribution is 2.14. The van der Waals surface area contributed by atoms with Crippen LogP contribution in [0.3, 0.4) is 0 Å². The Morgan fingerprint density at radius 3 is 1.05 bits per heavy atom. The van der Waals surface area contributed by atoms with E-state index in [-0.39, 0.29) is 11.9 Å². The number of hydrogen-bond donors (Lipinski definition) is 0. The van der Waals surface area contributed by atoms with Gasteiger partial charge < -0.3 is 9.47 Å². The van der Waals surface area contributed by atoms with Crippen LogP contribution in [-0.2, 0) is 20.7 Å². The number of esters is 2. The molecular formula is C52H70O4. The number of hydrogen-bond acceptors (Lipinski definition) is 4. The number of benzene rings is 1. The van der Waals surface area contributed by atoms with Crippen molar-refractivity contribution in [2.45, 2.75) is 123 Å². The van der Waals surface area contributed by atoms with Gasteiger partial charge in [0, 0.05) is 19.3 Å². The third-order valence-electron chi connectivity index (χ3n) is 8.03. The maximum atomic E-state index is 12.2. The van der Waals surface area contributed by atoms with E-state index in [9.17, 15) is 9.59 Å². The van der Waals surface area contributed by atoms with Gasteiger partial charge >= 0.3 is 11.9 Å². The van der Waals surface area contributed by atoms with Crippen molar-refractivity contribution in [3.63, 3.8) is 0 Å². The first-order chi connectivity index (χ1) is 27.7. The minimum atomic E-state index is -0.252. The highest BCUT2D eigenvalue weighted by Gasteiger charge is 2.05. The van der Waals surface area contributed by atoms with Gasteiger partial charge in [-0.3, -0.25) is 9.59 Å². The molecule has 302 valence electrons. The van der Waals surface area contributed by atoms with E-state index < -0.39 is 0 Å². The van der Waals surface area contributed by atoms with Gasteiger partial charge in [-0.1, -0.05) is 172 Å². The van der Waals surface area contributed by atoms with E-state index in [0.29, 0.717) is 44.5 Å². The first-order valence-corrected chi connectivity index (χ1v) is 20.9. The second-order valence-electron chi connectivity index (χ2n) is 13.0. The van der Waals surface area contributed by atoms with E-state index in [0.717, 1.165) is 82.6 Å². The van der Waals surface area contributed by atoms with Gasteiger partial charge in [0.05, 0.1) is 6.61 Å². The smallest absolute Gasteiger partial charge is 0.311 e. The number of ether oxygens (including phenoxy) is 2. The van der Waals surface area contributed by atoms with E-state index in [1.807, 2.05) is 24.3 Å². The fraction of sp³-hybridized carbons (Fsp3) is 0.385. The van der Waals surface area contributed by atoms with Crippen LogP contribution in [0.5, 0.6) is 5.75 Å². The molecule has 0 saturated carbocycles. The number of carbonyl (C=O) groups is 2. The highest BCUT2D eigenvalue weighted by molar-refractivity contribution is 5.72. The third kappa shape index (κ3) is 34.8. The van der Waals surface area contributed by atoms with Crippen molar-refractivity contribution in [2.24, 2.45) is 0 Å². The molecule has 1 aromatic carbocycles. The summed E-state index contributed by atoms with van der Waals surface area (Å²) in [6.45, 7) is 4.63. The predicted octanol–water partition coefficient (Wildman–Crippen LogP) is 14.6. The van der Waals surface area contributed by atoms with Crippen molar-refractivity contribution in [3.8, 4) is 5.75 Å². The van der Waals surface area contributed by atoms with E-state index in [1.165, 1.54) is 0 Å². The van der Waals surface area contributed by atoms with Crippen molar-refractivity contribution in [1.82, 2.24) is 0 Å². The predicted molar refractivity (Wildman–Crippen MR) is 242 cm³/mol. The summed E-state index contributed by atoms with van der Waals surface area (Å²) in [4.78, 5) is 24.3. The second-order valence-corrected chi connectivity index (χ2v) is 13.0. The Labute approximate surface area is 340 Å². The molecule has 0 atom stereocenters. The Kier molecular flexibility index (Phi) is 34.8. The Bertz CT molecular complexity index is 1490. The van der Waals surface area contributed by atoms with E-state index in [2.05, 4.69) is 148 Å². The van der Waals surface area contributed by atoms with Crippen LogP contribution in [0, 0.1) is 0 Å². The minimum Gasteiger partial charge on any atom is -0.465 e. The molecule has 0 bridgehead atoms. The van der Waals surface area contributed by atoms with E-state index in [4.69, 9.17) is 9.47 Å². The van der Waals surface area contributed by atoms with E-state index >= 15 is 0 Å². The SMILES string of the molecule is CC/C=C\C/C=C\C/C=C\C/C=C\C/C=C\C/C=C\CCC(=O)OCCc1ccc(OC(=O)CC/C=C\C/C=C\C/C=C\C/C=C\C/C=C\C/C=C\CC)cc1. The lowest BCUT2D eigenvalue weighted by atomic mass is 10.1. The van der Waals surface area contributed by atoms with Gasteiger partial charge in [0.1, 0.15) is 5.75 Å². The Hall–Kier alpha value is -4.96. The zero-order valence-corrected chi connectivity index (χ0v) is 34.5. The maximum Gasteiger partial charge on any atom is 0.311 e. The van der Waals surface area contributed by atoms with Crippen LogP contribution in [0.2, 0.25) is 0 Å². The average molecular weight is 759 g/mol. The van der Waals surface area contributed by atoms with E-state index in [1.54, 1.807) is 12.1 Å². The molecule has 1 aromatic rings. The maximum absolute atomic E-state index is 12.2. The first kappa shape index (κ1) is 49.1. The summed E-state index contributed by atoms with van der Waals surface area (Å²) < 4.78 is 10.9. The normalized spacial score (nSPS) is 13.0. The molecule has 0 spiro atoms. The van der Waals surface area contributed by atoms with Crippen molar-refractivity contribution in [3.05, 3.63) is 176 Å².